The number of benzene rings is 1. The number of amides is 1. The molecule has 1 amide bonds. The van der Waals surface area contributed by atoms with Crippen molar-refractivity contribution in [1.29, 1.82) is 0 Å². The molecule has 2 aromatic heterocycles. The Bertz CT molecular complexity index is 996. The Balaban J connectivity index is 1.46. The maximum Gasteiger partial charge on any atom is 0.263 e. The molecule has 1 N–H and O–H groups in total. The van der Waals surface area contributed by atoms with Crippen LogP contribution in [0.3, 0.4) is 0 Å². The summed E-state index contributed by atoms with van der Waals surface area (Å²) in [6, 6.07) is 11.9. The molecule has 0 unspecified atom stereocenters. The summed E-state index contributed by atoms with van der Waals surface area (Å²) in [4.78, 5) is 29.4. The summed E-state index contributed by atoms with van der Waals surface area (Å²) >= 11 is 1.41. The van der Waals surface area contributed by atoms with E-state index in [1.165, 1.54) is 30.6 Å². The number of nitrogens with one attached hydrogen (secondary N) is 1. The minimum absolute atomic E-state index is 0.133. The van der Waals surface area contributed by atoms with Crippen LogP contribution in [0.4, 0.5) is 5.82 Å². The normalized spacial score (nSPS) is 14.1. The van der Waals surface area contributed by atoms with Gasteiger partial charge in [-0.1, -0.05) is 30.3 Å². The van der Waals surface area contributed by atoms with Crippen molar-refractivity contribution in [1.82, 2.24) is 20.3 Å². The average molecular weight is 408 g/mol. The van der Waals surface area contributed by atoms with Gasteiger partial charge in [0.25, 0.3) is 5.91 Å². The summed E-state index contributed by atoms with van der Waals surface area (Å²) in [5, 5.41) is 3.82. The van der Waals surface area contributed by atoms with Gasteiger partial charge in [-0.15, -0.1) is 11.3 Å². The molecule has 0 bridgehead atoms. The molecule has 0 radical (unpaired) electrons. The van der Waals surface area contributed by atoms with Crippen LogP contribution >= 0.6 is 11.3 Å². The van der Waals surface area contributed by atoms with Gasteiger partial charge in [-0.2, -0.15) is 0 Å². The highest BCUT2D eigenvalue weighted by atomic mass is 32.1. The highest BCUT2D eigenvalue weighted by Gasteiger charge is 2.17. The molecule has 0 spiro atoms. The van der Waals surface area contributed by atoms with E-state index in [9.17, 15) is 4.79 Å². The number of carbonyl (C=O) groups is 1. The van der Waals surface area contributed by atoms with Gasteiger partial charge in [-0.3, -0.25) is 4.79 Å². The SMILES string of the molecule is Cc1cc(N2CCCCC2)nc(CNC(=O)c2sc(-c3ccccc3)nc2C)n1. The van der Waals surface area contributed by atoms with E-state index in [1.54, 1.807) is 0 Å². The lowest BCUT2D eigenvalue weighted by atomic mass is 10.1. The van der Waals surface area contributed by atoms with Gasteiger partial charge >= 0.3 is 0 Å². The molecule has 1 aliphatic rings. The summed E-state index contributed by atoms with van der Waals surface area (Å²) in [5.74, 6) is 1.47. The third kappa shape index (κ3) is 4.62. The second kappa shape index (κ2) is 8.69. The van der Waals surface area contributed by atoms with Crippen LogP contribution in [0, 0.1) is 13.8 Å². The number of thiazole rings is 1. The lowest BCUT2D eigenvalue weighted by Crippen LogP contribution is -2.31. The van der Waals surface area contributed by atoms with E-state index in [1.807, 2.05) is 50.2 Å². The van der Waals surface area contributed by atoms with E-state index in [2.05, 4.69) is 25.2 Å². The number of anilines is 1. The van der Waals surface area contributed by atoms with Gasteiger partial charge in [-0.05, 0) is 33.1 Å². The van der Waals surface area contributed by atoms with Gasteiger partial charge < -0.3 is 10.2 Å². The van der Waals surface area contributed by atoms with E-state index in [-0.39, 0.29) is 5.91 Å². The molecule has 1 aromatic carbocycles. The Hall–Kier alpha value is -2.80. The average Bonchev–Trinajstić information content (AvgIpc) is 3.15. The summed E-state index contributed by atoms with van der Waals surface area (Å²) in [6.07, 6.45) is 3.68. The van der Waals surface area contributed by atoms with E-state index in [0.717, 1.165) is 40.9 Å². The third-order valence-electron chi connectivity index (χ3n) is 5.00. The topological polar surface area (TPSA) is 71.0 Å². The summed E-state index contributed by atoms with van der Waals surface area (Å²) in [5.41, 5.74) is 2.68. The fourth-order valence-electron chi connectivity index (χ4n) is 3.53. The van der Waals surface area contributed by atoms with Crippen LogP contribution in [0.25, 0.3) is 10.6 Å². The number of hydrogen-bond acceptors (Lipinski definition) is 6. The van der Waals surface area contributed by atoms with Crippen LogP contribution in [0.5, 0.6) is 0 Å². The zero-order valence-electron chi connectivity index (χ0n) is 16.8. The minimum Gasteiger partial charge on any atom is -0.357 e. The molecule has 150 valence electrons. The van der Waals surface area contributed by atoms with E-state index in [0.29, 0.717) is 17.2 Å². The summed E-state index contributed by atoms with van der Waals surface area (Å²) in [7, 11) is 0. The second-order valence-corrected chi connectivity index (χ2v) is 8.31. The molecule has 6 nitrogen and oxygen atoms in total. The standard InChI is InChI=1S/C22H25N5OS/c1-15-13-19(27-11-7-4-8-12-27)26-18(24-15)14-23-21(28)20-16(2)25-22(29-20)17-9-5-3-6-10-17/h3,5-6,9-10,13H,4,7-8,11-12,14H2,1-2H3,(H,23,28). The molecule has 3 heterocycles. The molecule has 0 saturated carbocycles. The molecule has 4 rings (SSSR count). The first-order chi connectivity index (χ1) is 14.1. The molecular weight excluding hydrogens is 382 g/mol. The van der Waals surface area contributed by atoms with Crippen molar-refractivity contribution in [3.63, 3.8) is 0 Å². The molecule has 0 atom stereocenters. The first kappa shape index (κ1) is 19.5. The minimum atomic E-state index is -0.133. The van der Waals surface area contributed by atoms with Gasteiger partial charge in [0.2, 0.25) is 0 Å². The number of hydrogen-bond donors (Lipinski definition) is 1. The monoisotopic (exact) mass is 407 g/mol. The van der Waals surface area contributed by atoms with E-state index in [4.69, 9.17) is 0 Å². The fourth-order valence-corrected chi connectivity index (χ4v) is 4.52. The Kier molecular flexibility index (Phi) is 5.85. The van der Waals surface area contributed by atoms with Crippen molar-refractivity contribution in [2.24, 2.45) is 0 Å². The van der Waals surface area contributed by atoms with Gasteiger partial charge in [-0.25, -0.2) is 15.0 Å². The second-order valence-electron chi connectivity index (χ2n) is 7.31. The van der Waals surface area contributed by atoms with Gasteiger partial charge in [0, 0.05) is 30.4 Å². The van der Waals surface area contributed by atoms with Crippen molar-refractivity contribution >= 4 is 23.1 Å². The van der Waals surface area contributed by atoms with E-state index < -0.39 is 0 Å². The predicted molar refractivity (Wildman–Crippen MR) is 116 cm³/mol. The molecular formula is C22H25N5OS. The number of piperidine rings is 1. The molecule has 1 fully saturated rings. The van der Waals surface area contributed by atoms with Crippen LogP contribution in [0.1, 0.15) is 46.1 Å². The fraction of sp³-hybridized carbons (Fsp3) is 0.364. The molecule has 0 aliphatic carbocycles. The van der Waals surface area contributed by atoms with Crippen LogP contribution in [0.15, 0.2) is 36.4 Å². The lowest BCUT2D eigenvalue weighted by Gasteiger charge is -2.28. The zero-order chi connectivity index (χ0) is 20.2. The molecule has 1 saturated heterocycles. The van der Waals surface area contributed by atoms with Crippen molar-refractivity contribution in [3.05, 3.63) is 58.5 Å². The Morgan fingerprint density at radius 1 is 1.07 bits per heavy atom. The maximum absolute atomic E-state index is 12.7. The van der Waals surface area contributed by atoms with Crippen molar-refractivity contribution < 1.29 is 4.79 Å². The van der Waals surface area contributed by atoms with Crippen LogP contribution < -0.4 is 10.2 Å². The van der Waals surface area contributed by atoms with Gasteiger partial charge in [0.1, 0.15) is 21.5 Å². The first-order valence-corrected chi connectivity index (χ1v) is 10.8. The third-order valence-corrected chi connectivity index (χ3v) is 6.20. The summed E-state index contributed by atoms with van der Waals surface area (Å²) in [6.45, 7) is 6.21. The highest BCUT2D eigenvalue weighted by molar-refractivity contribution is 7.17. The molecule has 3 aromatic rings. The van der Waals surface area contributed by atoms with Crippen molar-refractivity contribution in [3.8, 4) is 10.6 Å². The molecule has 29 heavy (non-hydrogen) atoms. The predicted octanol–water partition coefficient (Wildman–Crippen LogP) is 4.14. The number of carbonyl (C=O) groups excluding carboxylic acids is 1. The summed E-state index contributed by atoms with van der Waals surface area (Å²) < 4.78 is 0. The molecule has 7 heteroatoms. The zero-order valence-corrected chi connectivity index (χ0v) is 17.6. The highest BCUT2D eigenvalue weighted by Crippen LogP contribution is 2.27. The largest absolute Gasteiger partial charge is 0.357 e. The van der Waals surface area contributed by atoms with Gasteiger partial charge in [0.05, 0.1) is 12.2 Å². The smallest absolute Gasteiger partial charge is 0.263 e. The quantitative estimate of drug-likeness (QED) is 0.688. The van der Waals surface area contributed by atoms with Crippen LogP contribution in [-0.2, 0) is 6.54 Å². The Labute approximate surface area is 175 Å². The maximum atomic E-state index is 12.7. The Morgan fingerprint density at radius 2 is 1.83 bits per heavy atom. The first-order valence-electron chi connectivity index (χ1n) is 10.0. The van der Waals surface area contributed by atoms with Crippen molar-refractivity contribution in [2.75, 3.05) is 18.0 Å². The number of aromatic nitrogens is 3. The van der Waals surface area contributed by atoms with Gasteiger partial charge in [0.15, 0.2) is 0 Å². The lowest BCUT2D eigenvalue weighted by molar-refractivity contribution is 0.0953. The number of nitrogens with zero attached hydrogens (tertiary/aromatic N) is 4. The van der Waals surface area contributed by atoms with Crippen LogP contribution in [-0.4, -0.2) is 33.9 Å². The van der Waals surface area contributed by atoms with Crippen LogP contribution in [0.2, 0.25) is 0 Å². The Morgan fingerprint density at radius 3 is 2.59 bits per heavy atom. The van der Waals surface area contributed by atoms with Crippen molar-refractivity contribution in [2.45, 2.75) is 39.7 Å². The number of rotatable bonds is 5. The molecule has 1 aliphatic heterocycles. The van der Waals surface area contributed by atoms with E-state index >= 15 is 0 Å². The number of aryl methyl sites for hydroxylation is 2.